The molecule has 0 aliphatic heterocycles. The van der Waals surface area contributed by atoms with Crippen LogP contribution in [0.2, 0.25) is 0 Å². The first-order valence-corrected chi connectivity index (χ1v) is 7.64. The predicted molar refractivity (Wildman–Crippen MR) is 85.8 cm³/mol. The molecule has 0 bridgehead atoms. The third kappa shape index (κ3) is 6.60. The van der Waals surface area contributed by atoms with Crippen molar-refractivity contribution in [2.75, 3.05) is 12.3 Å². The van der Waals surface area contributed by atoms with Crippen LogP contribution in [-0.4, -0.2) is 12.5 Å². The van der Waals surface area contributed by atoms with E-state index >= 15 is 0 Å². The number of hydrogen-bond donors (Lipinski definition) is 2. The Hall–Kier alpha value is -1.51. The Morgan fingerprint density at radius 3 is 2.50 bits per heavy atom. The third-order valence-electron chi connectivity index (χ3n) is 3.36. The molecule has 0 aliphatic rings. The van der Waals surface area contributed by atoms with Gasteiger partial charge in [0.15, 0.2) is 0 Å². The zero-order valence-corrected chi connectivity index (χ0v) is 13.0. The van der Waals surface area contributed by atoms with Crippen molar-refractivity contribution >= 4 is 11.6 Å². The average Bonchev–Trinajstić information content (AvgIpc) is 2.35. The summed E-state index contributed by atoms with van der Waals surface area (Å²) in [5.41, 5.74) is 8.07. The number of anilines is 1. The molecule has 1 rings (SSSR count). The summed E-state index contributed by atoms with van der Waals surface area (Å²) in [6, 6.07) is 5.46. The number of amides is 1. The Labute approximate surface area is 122 Å². The minimum atomic E-state index is -0.0254. The molecular formula is C17H28N2O. The second-order valence-electron chi connectivity index (χ2n) is 5.99. The number of unbranched alkanes of at least 4 members (excludes halogenated alkanes) is 3. The molecule has 20 heavy (non-hydrogen) atoms. The second-order valence-corrected chi connectivity index (χ2v) is 5.99. The van der Waals surface area contributed by atoms with Crippen LogP contribution >= 0.6 is 0 Å². The van der Waals surface area contributed by atoms with Crippen LogP contribution in [0.1, 0.15) is 61.9 Å². The van der Waals surface area contributed by atoms with E-state index in [1.807, 2.05) is 19.1 Å². The molecule has 0 aliphatic carbocycles. The van der Waals surface area contributed by atoms with E-state index in [1.165, 1.54) is 25.7 Å². The first-order chi connectivity index (χ1) is 9.49. The van der Waals surface area contributed by atoms with Gasteiger partial charge in [-0.15, -0.1) is 0 Å². The number of hydrogen-bond acceptors (Lipinski definition) is 2. The van der Waals surface area contributed by atoms with Gasteiger partial charge in [0.1, 0.15) is 0 Å². The Bertz CT molecular complexity index is 407. The number of rotatable bonds is 8. The molecule has 0 saturated heterocycles. The van der Waals surface area contributed by atoms with Crippen LogP contribution in [0.3, 0.4) is 0 Å². The normalized spacial score (nSPS) is 10.8. The smallest absolute Gasteiger partial charge is 0.251 e. The molecule has 3 heteroatoms. The van der Waals surface area contributed by atoms with Crippen molar-refractivity contribution in [1.29, 1.82) is 0 Å². The summed E-state index contributed by atoms with van der Waals surface area (Å²) in [5, 5.41) is 2.96. The Balaban J connectivity index is 2.20. The molecule has 0 radical (unpaired) electrons. The van der Waals surface area contributed by atoms with Crippen LogP contribution in [-0.2, 0) is 0 Å². The van der Waals surface area contributed by atoms with Gasteiger partial charge in [-0.2, -0.15) is 0 Å². The van der Waals surface area contributed by atoms with Gasteiger partial charge in [-0.25, -0.2) is 0 Å². The number of aryl methyl sites for hydroxylation is 1. The lowest BCUT2D eigenvalue weighted by Gasteiger charge is -2.07. The van der Waals surface area contributed by atoms with Crippen molar-refractivity contribution in [3.63, 3.8) is 0 Å². The topological polar surface area (TPSA) is 55.1 Å². The fourth-order valence-electron chi connectivity index (χ4n) is 2.28. The highest BCUT2D eigenvalue weighted by atomic mass is 16.1. The van der Waals surface area contributed by atoms with Crippen LogP contribution < -0.4 is 11.1 Å². The molecule has 112 valence electrons. The maximum atomic E-state index is 12.0. The van der Waals surface area contributed by atoms with Crippen molar-refractivity contribution in [3.8, 4) is 0 Å². The van der Waals surface area contributed by atoms with Crippen LogP contribution in [0.4, 0.5) is 5.69 Å². The summed E-state index contributed by atoms with van der Waals surface area (Å²) < 4.78 is 0. The quantitative estimate of drug-likeness (QED) is 0.558. The van der Waals surface area contributed by atoms with Crippen LogP contribution in [0, 0.1) is 12.8 Å². The average molecular weight is 276 g/mol. The standard InChI is InChI=1S/C17H28N2O/c1-13(2)8-6-4-5-7-9-19-17(20)15-10-14(3)11-16(18)12-15/h10-13H,4-9,18H2,1-3H3,(H,19,20). The van der Waals surface area contributed by atoms with Crippen molar-refractivity contribution in [2.45, 2.75) is 52.9 Å². The molecule has 3 nitrogen and oxygen atoms in total. The summed E-state index contributed by atoms with van der Waals surface area (Å²) in [5.74, 6) is 0.768. The van der Waals surface area contributed by atoms with Gasteiger partial charge >= 0.3 is 0 Å². The van der Waals surface area contributed by atoms with Crippen molar-refractivity contribution < 1.29 is 4.79 Å². The second kappa shape index (κ2) is 8.62. The number of nitrogens with one attached hydrogen (secondary N) is 1. The van der Waals surface area contributed by atoms with E-state index in [9.17, 15) is 4.79 Å². The zero-order valence-electron chi connectivity index (χ0n) is 13.0. The maximum absolute atomic E-state index is 12.0. The van der Waals surface area contributed by atoms with Gasteiger partial charge in [0.2, 0.25) is 0 Å². The summed E-state index contributed by atoms with van der Waals surface area (Å²) in [6.45, 7) is 7.21. The molecule has 1 aromatic rings. The van der Waals surface area contributed by atoms with Gasteiger partial charge in [-0.1, -0.05) is 39.5 Å². The Morgan fingerprint density at radius 1 is 1.15 bits per heavy atom. The maximum Gasteiger partial charge on any atom is 0.251 e. The zero-order chi connectivity index (χ0) is 15.0. The molecule has 0 unspecified atom stereocenters. The number of nitrogens with two attached hydrogens (primary N) is 1. The lowest BCUT2D eigenvalue weighted by Crippen LogP contribution is -2.24. The molecule has 0 spiro atoms. The Morgan fingerprint density at radius 2 is 1.85 bits per heavy atom. The first kappa shape index (κ1) is 16.5. The van der Waals surface area contributed by atoms with Gasteiger partial charge in [0, 0.05) is 17.8 Å². The van der Waals surface area contributed by atoms with Crippen LogP contribution in [0.5, 0.6) is 0 Å². The fourth-order valence-corrected chi connectivity index (χ4v) is 2.28. The summed E-state index contributed by atoms with van der Waals surface area (Å²) >= 11 is 0. The highest BCUT2D eigenvalue weighted by molar-refractivity contribution is 5.95. The van der Waals surface area contributed by atoms with Crippen LogP contribution in [0.15, 0.2) is 18.2 Å². The molecule has 0 atom stereocenters. The van der Waals surface area contributed by atoms with Crippen molar-refractivity contribution in [2.24, 2.45) is 5.92 Å². The minimum absolute atomic E-state index is 0.0254. The van der Waals surface area contributed by atoms with E-state index in [2.05, 4.69) is 19.2 Å². The lowest BCUT2D eigenvalue weighted by molar-refractivity contribution is 0.0953. The van der Waals surface area contributed by atoms with E-state index < -0.39 is 0 Å². The van der Waals surface area contributed by atoms with Crippen LogP contribution in [0.25, 0.3) is 0 Å². The monoisotopic (exact) mass is 276 g/mol. The summed E-state index contributed by atoms with van der Waals surface area (Å²) in [4.78, 5) is 12.0. The van der Waals surface area contributed by atoms with Crippen molar-refractivity contribution in [3.05, 3.63) is 29.3 Å². The van der Waals surface area contributed by atoms with E-state index in [1.54, 1.807) is 6.07 Å². The first-order valence-electron chi connectivity index (χ1n) is 7.64. The van der Waals surface area contributed by atoms with Gasteiger partial charge in [-0.05, 0) is 43.0 Å². The van der Waals surface area contributed by atoms with E-state index in [4.69, 9.17) is 5.73 Å². The highest BCUT2D eigenvalue weighted by Gasteiger charge is 2.06. The largest absolute Gasteiger partial charge is 0.399 e. The number of nitrogen functional groups attached to an aromatic ring is 1. The summed E-state index contributed by atoms with van der Waals surface area (Å²) in [7, 11) is 0. The molecular weight excluding hydrogens is 248 g/mol. The van der Waals surface area contributed by atoms with E-state index in [-0.39, 0.29) is 5.91 Å². The van der Waals surface area contributed by atoms with E-state index in [0.717, 1.165) is 24.4 Å². The fraction of sp³-hybridized carbons (Fsp3) is 0.588. The molecule has 0 fully saturated rings. The van der Waals surface area contributed by atoms with Gasteiger partial charge in [0.05, 0.1) is 0 Å². The number of benzene rings is 1. The molecule has 0 aromatic heterocycles. The molecule has 0 heterocycles. The Kier molecular flexibility index (Phi) is 7.13. The highest BCUT2D eigenvalue weighted by Crippen LogP contribution is 2.11. The lowest BCUT2D eigenvalue weighted by atomic mass is 10.0. The minimum Gasteiger partial charge on any atom is -0.399 e. The molecule has 1 aromatic carbocycles. The number of carbonyl (C=O) groups is 1. The molecule has 0 saturated carbocycles. The van der Waals surface area contributed by atoms with Crippen molar-refractivity contribution in [1.82, 2.24) is 5.32 Å². The van der Waals surface area contributed by atoms with Gasteiger partial charge < -0.3 is 11.1 Å². The van der Waals surface area contributed by atoms with Gasteiger partial charge in [-0.3, -0.25) is 4.79 Å². The third-order valence-corrected chi connectivity index (χ3v) is 3.36. The van der Waals surface area contributed by atoms with Gasteiger partial charge in [0.25, 0.3) is 5.91 Å². The predicted octanol–water partition coefficient (Wildman–Crippen LogP) is 3.91. The van der Waals surface area contributed by atoms with E-state index in [0.29, 0.717) is 11.3 Å². The molecule has 1 amide bonds. The SMILES string of the molecule is Cc1cc(N)cc(C(=O)NCCCCCCC(C)C)c1. The molecule has 3 N–H and O–H groups in total. The summed E-state index contributed by atoms with van der Waals surface area (Å²) in [6.07, 6.45) is 6.08. The number of carbonyl (C=O) groups excluding carboxylic acids is 1.